The van der Waals surface area contributed by atoms with Crippen molar-refractivity contribution in [3.05, 3.63) is 59.2 Å². The van der Waals surface area contributed by atoms with Gasteiger partial charge in [-0.2, -0.15) is 5.26 Å². The lowest BCUT2D eigenvalue weighted by atomic mass is 10.1. The van der Waals surface area contributed by atoms with Crippen LogP contribution in [0.5, 0.6) is 11.5 Å². The first-order valence-corrected chi connectivity index (χ1v) is 5.69. The van der Waals surface area contributed by atoms with Crippen molar-refractivity contribution in [3.63, 3.8) is 0 Å². The van der Waals surface area contributed by atoms with Gasteiger partial charge in [-0.15, -0.1) is 0 Å². The van der Waals surface area contributed by atoms with Crippen molar-refractivity contribution < 1.29 is 18.3 Å². The molecule has 2 aromatic rings. The first-order chi connectivity index (χ1) is 9.51. The van der Waals surface area contributed by atoms with Gasteiger partial charge in [-0.05, 0) is 37.3 Å². The molecule has 0 aliphatic rings. The third-order valence-corrected chi connectivity index (χ3v) is 2.63. The number of hydrogen-bond donors (Lipinski definition) is 0. The normalized spacial score (nSPS) is 9.90. The van der Waals surface area contributed by atoms with E-state index in [0.717, 1.165) is 12.1 Å². The lowest BCUT2D eigenvalue weighted by Gasteiger charge is -2.08. The number of nitriles is 1. The van der Waals surface area contributed by atoms with Gasteiger partial charge >= 0.3 is 0 Å². The Morgan fingerprint density at radius 3 is 2.45 bits per heavy atom. The van der Waals surface area contributed by atoms with Gasteiger partial charge in [0.25, 0.3) is 0 Å². The highest BCUT2D eigenvalue weighted by molar-refractivity contribution is 5.94. The highest BCUT2D eigenvalue weighted by atomic mass is 19.1. The molecule has 0 saturated heterocycles. The van der Waals surface area contributed by atoms with Crippen molar-refractivity contribution in [1.82, 2.24) is 0 Å². The van der Waals surface area contributed by atoms with Crippen molar-refractivity contribution in [2.75, 3.05) is 0 Å². The maximum atomic E-state index is 13.7. The molecule has 2 rings (SSSR count). The van der Waals surface area contributed by atoms with E-state index in [-0.39, 0.29) is 28.4 Å². The van der Waals surface area contributed by atoms with Crippen LogP contribution in [0.3, 0.4) is 0 Å². The van der Waals surface area contributed by atoms with E-state index < -0.39 is 11.6 Å². The number of hydrogen-bond acceptors (Lipinski definition) is 3. The number of Topliss-reactive ketones (excluding diaryl/α,β-unsaturated/α-hetero) is 1. The summed E-state index contributed by atoms with van der Waals surface area (Å²) in [5.41, 5.74) is 0.102. The molecule has 20 heavy (non-hydrogen) atoms. The van der Waals surface area contributed by atoms with E-state index in [1.165, 1.54) is 31.2 Å². The molecule has 0 aromatic heterocycles. The predicted molar refractivity (Wildman–Crippen MR) is 67.6 cm³/mol. The zero-order valence-corrected chi connectivity index (χ0v) is 10.5. The molecule has 2 aromatic carbocycles. The molecular formula is C15H9F2NO2. The summed E-state index contributed by atoms with van der Waals surface area (Å²) in [6.45, 7) is 1.32. The topological polar surface area (TPSA) is 50.1 Å². The Kier molecular flexibility index (Phi) is 3.76. The molecule has 0 amide bonds. The Morgan fingerprint density at radius 1 is 1.15 bits per heavy atom. The van der Waals surface area contributed by atoms with Crippen molar-refractivity contribution in [2.24, 2.45) is 0 Å². The Labute approximate surface area is 114 Å². The van der Waals surface area contributed by atoms with E-state index in [9.17, 15) is 13.6 Å². The Bertz CT molecular complexity index is 720. The zero-order valence-electron chi connectivity index (χ0n) is 10.5. The van der Waals surface area contributed by atoms with Gasteiger partial charge < -0.3 is 4.74 Å². The van der Waals surface area contributed by atoms with E-state index in [0.29, 0.717) is 0 Å². The lowest BCUT2D eigenvalue weighted by Crippen LogP contribution is -1.95. The molecule has 0 aliphatic heterocycles. The van der Waals surface area contributed by atoms with Crippen molar-refractivity contribution in [3.8, 4) is 17.6 Å². The third-order valence-electron chi connectivity index (χ3n) is 2.63. The van der Waals surface area contributed by atoms with Crippen LogP contribution in [0.4, 0.5) is 8.78 Å². The molecule has 0 radical (unpaired) electrons. The van der Waals surface area contributed by atoms with Crippen LogP contribution >= 0.6 is 0 Å². The van der Waals surface area contributed by atoms with Gasteiger partial charge in [0, 0.05) is 11.6 Å². The molecule has 0 unspecified atom stereocenters. The second kappa shape index (κ2) is 5.49. The minimum Gasteiger partial charge on any atom is -0.454 e. The van der Waals surface area contributed by atoms with Gasteiger partial charge in [-0.3, -0.25) is 4.79 Å². The second-order valence-electron chi connectivity index (χ2n) is 4.06. The SMILES string of the molecule is CC(=O)c1ccc(Oc2ccc(C#N)c(F)c2)c(F)c1. The molecule has 0 N–H and O–H groups in total. The lowest BCUT2D eigenvalue weighted by molar-refractivity contribution is 0.101. The number of ether oxygens (including phenoxy) is 1. The molecule has 100 valence electrons. The van der Waals surface area contributed by atoms with E-state index >= 15 is 0 Å². The third kappa shape index (κ3) is 2.81. The fraction of sp³-hybridized carbons (Fsp3) is 0.0667. The highest BCUT2D eigenvalue weighted by Crippen LogP contribution is 2.26. The number of rotatable bonds is 3. The summed E-state index contributed by atoms with van der Waals surface area (Å²) < 4.78 is 32.3. The van der Waals surface area contributed by atoms with Gasteiger partial charge in [-0.25, -0.2) is 8.78 Å². The van der Waals surface area contributed by atoms with Gasteiger partial charge in [0.1, 0.15) is 17.6 Å². The molecule has 0 saturated carbocycles. The van der Waals surface area contributed by atoms with Crippen LogP contribution in [-0.4, -0.2) is 5.78 Å². The fourth-order valence-corrected chi connectivity index (χ4v) is 1.58. The monoisotopic (exact) mass is 273 g/mol. The fourth-order valence-electron chi connectivity index (χ4n) is 1.58. The van der Waals surface area contributed by atoms with Crippen LogP contribution in [0.25, 0.3) is 0 Å². The van der Waals surface area contributed by atoms with Crippen LogP contribution in [-0.2, 0) is 0 Å². The predicted octanol–water partition coefficient (Wildman–Crippen LogP) is 3.83. The molecular weight excluding hydrogens is 264 g/mol. The van der Waals surface area contributed by atoms with Gasteiger partial charge in [-0.1, -0.05) is 0 Å². The van der Waals surface area contributed by atoms with Crippen molar-refractivity contribution in [2.45, 2.75) is 6.92 Å². The highest BCUT2D eigenvalue weighted by Gasteiger charge is 2.10. The van der Waals surface area contributed by atoms with Gasteiger partial charge in [0.2, 0.25) is 0 Å². The minimum absolute atomic E-state index is 0.0657. The Balaban J connectivity index is 2.29. The molecule has 0 aliphatic carbocycles. The number of ketones is 1. The smallest absolute Gasteiger partial charge is 0.166 e. The van der Waals surface area contributed by atoms with Crippen LogP contribution in [0.1, 0.15) is 22.8 Å². The van der Waals surface area contributed by atoms with E-state index in [1.54, 1.807) is 6.07 Å². The van der Waals surface area contributed by atoms with Crippen LogP contribution in [0.15, 0.2) is 36.4 Å². The summed E-state index contributed by atoms with van der Waals surface area (Å²) in [4.78, 5) is 11.1. The van der Waals surface area contributed by atoms with Gasteiger partial charge in [0.05, 0.1) is 5.56 Å². The maximum Gasteiger partial charge on any atom is 0.166 e. The number of benzene rings is 2. The number of carbonyl (C=O) groups excluding carboxylic acids is 1. The standard InChI is InChI=1S/C15H9F2NO2/c1-9(19)10-3-5-15(14(17)6-10)20-12-4-2-11(8-18)13(16)7-12/h2-7H,1H3. The minimum atomic E-state index is -0.745. The van der Waals surface area contributed by atoms with Crippen molar-refractivity contribution in [1.29, 1.82) is 5.26 Å². The zero-order chi connectivity index (χ0) is 14.7. The van der Waals surface area contributed by atoms with E-state index in [1.807, 2.05) is 0 Å². The van der Waals surface area contributed by atoms with E-state index in [4.69, 9.17) is 10.00 Å². The quantitative estimate of drug-likeness (QED) is 0.798. The molecule has 0 heterocycles. The summed E-state index contributed by atoms with van der Waals surface area (Å²) in [6.07, 6.45) is 0. The average Bonchev–Trinajstić information content (AvgIpc) is 2.41. The van der Waals surface area contributed by atoms with E-state index in [2.05, 4.69) is 0 Å². The molecule has 5 heteroatoms. The van der Waals surface area contributed by atoms with Crippen LogP contribution < -0.4 is 4.74 Å². The summed E-state index contributed by atoms with van der Waals surface area (Å²) in [5, 5.41) is 8.60. The number of carbonyl (C=O) groups is 1. The Hall–Kier alpha value is -2.74. The second-order valence-corrected chi connectivity index (χ2v) is 4.06. The van der Waals surface area contributed by atoms with Crippen LogP contribution in [0, 0.1) is 23.0 Å². The summed E-state index contributed by atoms with van der Waals surface area (Å²) >= 11 is 0. The van der Waals surface area contributed by atoms with Crippen LogP contribution in [0.2, 0.25) is 0 Å². The van der Waals surface area contributed by atoms with Crippen molar-refractivity contribution >= 4 is 5.78 Å². The number of nitrogens with zero attached hydrogens (tertiary/aromatic N) is 1. The molecule has 0 bridgehead atoms. The maximum absolute atomic E-state index is 13.7. The Morgan fingerprint density at radius 2 is 1.90 bits per heavy atom. The summed E-state index contributed by atoms with van der Waals surface area (Å²) in [5.74, 6) is -1.79. The van der Waals surface area contributed by atoms with Gasteiger partial charge in [0.15, 0.2) is 17.3 Å². The average molecular weight is 273 g/mol. The first-order valence-electron chi connectivity index (χ1n) is 5.69. The number of halogens is 2. The summed E-state index contributed by atoms with van der Waals surface area (Å²) in [6, 6.07) is 9.04. The first kappa shape index (κ1) is 13.7. The molecule has 0 fully saturated rings. The largest absolute Gasteiger partial charge is 0.454 e. The molecule has 0 spiro atoms. The summed E-state index contributed by atoms with van der Waals surface area (Å²) in [7, 11) is 0. The molecule has 0 atom stereocenters. The molecule has 3 nitrogen and oxygen atoms in total.